The summed E-state index contributed by atoms with van der Waals surface area (Å²) in [6.45, 7) is 7.55. The van der Waals surface area contributed by atoms with Crippen molar-refractivity contribution < 1.29 is 13.2 Å². The minimum atomic E-state index is -3.58. The van der Waals surface area contributed by atoms with Gasteiger partial charge in [-0.05, 0) is 57.0 Å². The molecule has 0 aliphatic heterocycles. The number of aryl methyl sites for hydroxylation is 1. The minimum Gasteiger partial charge on any atom is -0.349 e. The van der Waals surface area contributed by atoms with Gasteiger partial charge in [0.25, 0.3) is 5.91 Å². The first-order valence-corrected chi connectivity index (χ1v) is 8.60. The summed E-state index contributed by atoms with van der Waals surface area (Å²) >= 11 is 0. The van der Waals surface area contributed by atoms with E-state index >= 15 is 0 Å². The summed E-state index contributed by atoms with van der Waals surface area (Å²) in [5.74, 6) is -0.237. The Morgan fingerprint density at radius 3 is 2.24 bits per heavy atom. The first kappa shape index (κ1) is 17.7. The van der Waals surface area contributed by atoms with Crippen LogP contribution in [-0.2, 0) is 10.0 Å². The molecule has 1 aromatic rings. The van der Waals surface area contributed by atoms with Crippen molar-refractivity contribution in [1.29, 1.82) is 0 Å². The minimum absolute atomic E-state index is 0.100. The van der Waals surface area contributed by atoms with Gasteiger partial charge in [-0.2, -0.15) is 0 Å². The number of carbonyl (C=O) groups is 1. The standard InChI is InChI=1S/C15H24N2O3S/c1-6-13(7-2)17-15(18)12-8-10(3)11(4)14(9-12)21(19,20)16-5/h8-9,13,16H,6-7H2,1-5H3,(H,17,18). The third-order valence-electron chi connectivity index (χ3n) is 3.76. The Morgan fingerprint density at radius 1 is 1.19 bits per heavy atom. The fourth-order valence-electron chi connectivity index (χ4n) is 2.11. The number of benzene rings is 1. The van der Waals surface area contributed by atoms with E-state index in [1.54, 1.807) is 19.9 Å². The Labute approximate surface area is 127 Å². The molecular formula is C15H24N2O3S. The summed E-state index contributed by atoms with van der Waals surface area (Å²) in [4.78, 5) is 12.4. The molecule has 6 heteroatoms. The summed E-state index contributed by atoms with van der Waals surface area (Å²) in [5, 5.41) is 2.92. The topological polar surface area (TPSA) is 75.3 Å². The largest absolute Gasteiger partial charge is 0.349 e. The van der Waals surface area contributed by atoms with Crippen LogP contribution in [-0.4, -0.2) is 27.4 Å². The van der Waals surface area contributed by atoms with Gasteiger partial charge in [0, 0.05) is 11.6 Å². The molecule has 0 bridgehead atoms. The molecule has 0 aliphatic carbocycles. The smallest absolute Gasteiger partial charge is 0.251 e. The Bertz CT molecular complexity index is 620. The Kier molecular flexibility index (Phi) is 5.92. The van der Waals surface area contributed by atoms with Crippen molar-refractivity contribution in [2.24, 2.45) is 0 Å². The summed E-state index contributed by atoms with van der Waals surface area (Å²) in [5.41, 5.74) is 1.81. The van der Waals surface area contributed by atoms with Crippen molar-refractivity contribution in [2.45, 2.75) is 51.5 Å². The molecule has 0 saturated carbocycles. The van der Waals surface area contributed by atoms with Crippen LogP contribution in [0.1, 0.15) is 48.2 Å². The van der Waals surface area contributed by atoms with Crippen molar-refractivity contribution in [3.05, 3.63) is 28.8 Å². The second-order valence-corrected chi connectivity index (χ2v) is 6.97. The van der Waals surface area contributed by atoms with Crippen molar-refractivity contribution in [2.75, 3.05) is 7.05 Å². The lowest BCUT2D eigenvalue weighted by Gasteiger charge is -2.16. The molecule has 0 unspecified atom stereocenters. The number of hydrogen-bond acceptors (Lipinski definition) is 3. The lowest BCUT2D eigenvalue weighted by atomic mass is 10.0. The van der Waals surface area contributed by atoms with E-state index in [4.69, 9.17) is 0 Å². The molecule has 1 rings (SSSR count). The van der Waals surface area contributed by atoms with Crippen molar-refractivity contribution >= 4 is 15.9 Å². The van der Waals surface area contributed by atoms with E-state index in [0.717, 1.165) is 18.4 Å². The molecule has 5 nitrogen and oxygen atoms in total. The van der Waals surface area contributed by atoms with Gasteiger partial charge in [0.15, 0.2) is 0 Å². The van der Waals surface area contributed by atoms with Gasteiger partial charge in [-0.1, -0.05) is 13.8 Å². The molecule has 2 N–H and O–H groups in total. The highest BCUT2D eigenvalue weighted by Gasteiger charge is 2.20. The maximum Gasteiger partial charge on any atom is 0.251 e. The van der Waals surface area contributed by atoms with Gasteiger partial charge < -0.3 is 5.32 Å². The zero-order valence-corrected chi connectivity index (χ0v) is 14.1. The molecule has 0 spiro atoms. The van der Waals surface area contributed by atoms with Crippen LogP contribution >= 0.6 is 0 Å². The number of hydrogen-bond donors (Lipinski definition) is 2. The van der Waals surface area contributed by atoms with E-state index in [1.807, 2.05) is 13.8 Å². The van der Waals surface area contributed by atoms with E-state index in [9.17, 15) is 13.2 Å². The Morgan fingerprint density at radius 2 is 1.76 bits per heavy atom. The monoisotopic (exact) mass is 312 g/mol. The van der Waals surface area contributed by atoms with Gasteiger partial charge in [-0.3, -0.25) is 4.79 Å². The maximum atomic E-state index is 12.3. The quantitative estimate of drug-likeness (QED) is 0.845. The SMILES string of the molecule is CCC(CC)NC(=O)c1cc(C)c(C)c(S(=O)(=O)NC)c1. The average Bonchev–Trinajstić information content (AvgIpc) is 2.46. The lowest BCUT2D eigenvalue weighted by Crippen LogP contribution is -2.34. The van der Waals surface area contributed by atoms with Gasteiger partial charge in [0.05, 0.1) is 4.90 Å². The van der Waals surface area contributed by atoms with Crippen molar-refractivity contribution in [3.63, 3.8) is 0 Å². The third-order valence-corrected chi connectivity index (χ3v) is 5.30. The van der Waals surface area contributed by atoms with E-state index in [0.29, 0.717) is 11.1 Å². The van der Waals surface area contributed by atoms with Gasteiger partial charge in [0.1, 0.15) is 0 Å². The molecule has 0 atom stereocenters. The number of carbonyl (C=O) groups excluding carboxylic acids is 1. The first-order valence-electron chi connectivity index (χ1n) is 7.12. The predicted molar refractivity (Wildman–Crippen MR) is 84.0 cm³/mol. The lowest BCUT2D eigenvalue weighted by molar-refractivity contribution is 0.0934. The van der Waals surface area contributed by atoms with Crippen LogP contribution in [0.4, 0.5) is 0 Å². The van der Waals surface area contributed by atoms with E-state index < -0.39 is 10.0 Å². The normalized spacial score (nSPS) is 11.7. The van der Waals surface area contributed by atoms with E-state index in [1.165, 1.54) is 13.1 Å². The van der Waals surface area contributed by atoms with Crippen LogP contribution in [0.25, 0.3) is 0 Å². The van der Waals surface area contributed by atoms with Crippen LogP contribution in [0.5, 0.6) is 0 Å². The highest BCUT2D eigenvalue weighted by molar-refractivity contribution is 7.89. The van der Waals surface area contributed by atoms with Gasteiger partial charge >= 0.3 is 0 Å². The van der Waals surface area contributed by atoms with Crippen molar-refractivity contribution in [1.82, 2.24) is 10.0 Å². The van der Waals surface area contributed by atoms with Gasteiger partial charge in [-0.25, -0.2) is 13.1 Å². The summed E-state index contributed by atoms with van der Waals surface area (Å²) in [6, 6.07) is 3.26. The second kappa shape index (κ2) is 7.04. The zero-order valence-electron chi connectivity index (χ0n) is 13.3. The van der Waals surface area contributed by atoms with Gasteiger partial charge in [0.2, 0.25) is 10.0 Å². The summed E-state index contributed by atoms with van der Waals surface area (Å²) < 4.78 is 26.4. The van der Waals surface area contributed by atoms with Crippen LogP contribution in [0.15, 0.2) is 17.0 Å². The molecule has 0 heterocycles. The molecule has 21 heavy (non-hydrogen) atoms. The fourth-order valence-corrected chi connectivity index (χ4v) is 3.17. The molecule has 1 amide bonds. The second-order valence-electron chi connectivity index (χ2n) is 5.11. The predicted octanol–water partition coefficient (Wildman–Crippen LogP) is 2.13. The zero-order chi connectivity index (χ0) is 16.2. The molecule has 0 aromatic heterocycles. The molecule has 0 saturated heterocycles. The number of sulfonamides is 1. The first-order chi connectivity index (χ1) is 9.76. The van der Waals surface area contributed by atoms with Crippen LogP contribution < -0.4 is 10.0 Å². The summed E-state index contributed by atoms with van der Waals surface area (Å²) in [7, 11) is -2.21. The van der Waals surface area contributed by atoms with Crippen LogP contribution in [0.3, 0.4) is 0 Å². The Hall–Kier alpha value is -1.40. The highest BCUT2D eigenvalue weighted by atomic mass is 32.2. The molecule has 1 aromatic carbocycles. The van der Waals surface area contributed by atoms with Crippen LogP contribution in [0, 0.1) is 13.8 Å². The third kappa shape index (κ3) is 4.04. The molecule has 118 valence electrons. The van der Waals surface area contributed by atoms with E-state index in [-0.39, 0.29) is 16.8 Å². The number of nitrogens with one attached hydrogen (secondary N) is 2. The van der Waals surface area contributed by atoms with Crippen LogP contribution in [0.2, 0.25) is 0 Å². The maximum absolute atomic E-state index is 12.3. The Balaban J connectivity index is 3.25. The molecule has 0 fully saturated rings. The highest BCUT2D eigenvalue weighted by Crippen LogP contribution is 2.21. The summed E-state index contributed by atoms with van der Waals surface area (Å²) in [6.07, 6.45) is 1.68. The fraction of sp³-hybridized carbons (Fsp3) is 0.533. The average molecular weight is 312 g/mol. The molecule has 0 aliphatic rings. The number of rotatable bonds is 6. The van der Waals surface area contributed by atoms with Crippen molar-refractivity contribution in [3.8, 4) is 0 Å². The van der Waals surface area contributed by atoms with E-state index in [2.05, 4.69) is 10.0 Å². The number of amides is 1. The molecule has 0 radical (unpaired) electrons. The van der Waals surface area contributed by atoms with Gasteiger partial charge in [-0.15, -0.1) is 0 Å². The molecular weight excluding hydrogens is 288 g/mol.